The van der Waals surface area contributed by atoms with Crippen LogP contribution in [0.1, 0.15) is 21.5 Å². The van der Waals surface area contributed by atoms with Crippen LogP contribution in [0.25, 0.3) is 0 Å². The summed E-state index contributed by atoms with van der Waals surface area (Å²) >= 11 is 7.41. The second-order valence-electron chi connectivity index (χ2n) is 4.55. The smallest absolute Gasteiger partial charge is 0.119 e. The van der Waals surface area contributed by atoms with Gasteiger partial charge in [-0.15, -0.1) is 0 Å². The van der Waals surface area contributed by atoms with Crippen LogP contribution in [0, 0.1) is 6.92 Å². The predicted molar refractivity (Wildman–Crippen MR) is 87.2 cm³/mol. The van der Waals surface area contributed by atoms with Gasteiger partial charge in [-0.1, -0.05) is 56.1 Å². The van der Waals surface area contributed by atoms with Crippen LogP contribution in [0.3, 0.4) is 0 Å². The Labute approximate surface area is 131 Å². The zero-order valence-electron chi connectivity index (χ0n) is 11.0. The van der Waals surface area contributed by atoms with E-state index < -0.39 is 0 Å². The summed E-state index contributed by atoms with van der Waals surface area (Å²) < 4.78 is 6.41. The number of aryl methyl sites for hydroxylation is 1. The standard InChI is InChI=1S/C16H16Br2O/c1-11-6-7-14(15(17)8-11)16(18)10-12-4-3-5-13(9-12)19-2/h3-9,16H,10H2,1-2H3. The molecule has 2 aromatic rings. The molecule has 100 valence electrons. The third-order valence-corrected chi connectivity index (χ3v) is 4.55. The van der Waals surface area contributed by atoms with Crippen molar-refractivity contribution in [2.75, 3.05) is 7.11 Å². The van der Waals surface area contributed by atoms with E-state index in [2.05, 4.69) is 69.1 Å². The molecule has 3 heteroatoms. The van der Waals surface area contributed by atoms with Gasteiger partial charge in [0.1, 0.15) is 5.75 Å². The summed E-state index contributed by atoms with van der Waals surface area (Å²) in [6.07, 6.45) is 0.929. The fourth-order valence-electron chi connectivity index (χ4n) is 2.00. The lowest BCUT2D eigenvalue weighted by atomic mass is 10.0. The molecule has 19 heavy (non-hydrogen) atoms. The lowest BCUT2D eigenvalue weighted by molar-refractivity contribution is 0.414. The lowest BCUT2D eigenvalue weighted by Gasteiger charge is -2.13. The molecule has 0 aliphatic carbocycles. The van der Waals surface area contributed by atoms with E-state index in [1.807, 2.05) is 12.1 Å². The molecule has 0 bridgehead atoms. The number of alkyl halides is 1. The molecule has 2 rings (SSSR count). The van der Waals surface area contributed by atoms with Gasteiger partial charge >= 0.3 is 0 Å². The summed E-state index contributed by atoms with van der Waals surface area (Å²) in [5.74, 6) is 0.903. The molecule has 0 saturated heterocycles. The van der Waals surface area contributed by atoms with Gasteiger partial charge in [0.2, 0.25) is 0 Å². The van der Waals surface area contributed by atoms with Crippen LogP contribution < -0.4 is 4.74 Å². The van der Waals surface area contributed by atoms with E-state index in [9.17, 15) is 0 Å². The van der Waals surface area contributed by atoms with Gasteiger partial charge in [-0.05, 0) is 48.2 Å². The fourth-order valence-corrected chi connectivity index (χ4v) is 3.85. The highest BCUT2D eigenvalue weighted by Gasteiger charge is 2.12. The minimum Gasteiger partial charge on any atom is -0.497 e. The summed E-state index contributed by atoms with van der Waals surface area (Å²) in [6.45, 7) is 2.10. The van der Waals surface area contributed by atoms with E-state index in [4.69, 9.17) is 4.74 Å². The van der Waals surface area contributed by atoms with E-state index >= 15 is 0 Å². The van der Waals surface area contributed by atoms with Gasteiger partial charge in [-0.25, -0.2) is 0 Å². The van der Waals surface area contributed by atoms with Crippen molar-refractivity contribution in [1.82, 2.24) is 0 Å². The number of ether oxygens (including phenoxy) is 1. The van der Waals surface area contributed by atoms with E-state index in [1.54, 1.807) is 7.11 Å². The van der Waals surface area contributed by atoms with Gasteiger partial charge in [-0.2, -0.15) is 0 Å². The molecule has 0 amide bonds. The average Bonchev–Trinajstić information content (AvgIpc) is 2.38. The Balaban J connectivity index is 2.17. The van der Waals surface area contributed by atoms with Crippen LogP contribution in [-0.2, 0) is 6.42 Å². The van der Waals surface area contributed by atoms with Crippen molar-refractivity contribution in [3.05, 3.63) is 63.6 Å². The number of methoxy groups -OCH3 is 1. The van der Waals surface area contributed by atoms with Gasteiger partial charge in [0, 0.05) is 9.30 Å². The van der Waals surface area contributed by atoms with Crippen molar-refractivity contribution in [2.24, 2.45) is 0 Å². The lowest BCUT2D eigenvalue weighted by Crippen LogP contribution is -1.97. The van der Waals surface area contributed by atoms with Crippen molar-refractivity contribution in [1.29, 1.82) is 0 Å². The first-order valence-electron chi connectivity index (χ1n) is 6.13. The zero-order chi connectivity index (χ0) is 13.8. The number of halogens is 2. The van der Waals surface area contributed by atoms with Crippen LogP contribution >= 0.6 is 31.9 Å². The van der Waals surface area contributed by atoms with Gasteiger partial charge < -0.3 is 4.74 Å². The summed E-state index contributed by atoms with van der Waals surface area (Å²) in [4.78, 5) is 0.287. The average molecular weight is 384 g/mol. The first-order valence-corrected chi connectivity index (χ1v) is 7.84. The second kappa shape index (κ2) is 6.58. The number of hydrogen-bond donors (Lipinski definition) is 0. The van der Waals surface area contributed by atoms with E-state index in [-0.39, 0.29) is 4.83 Å². The zero-order valence-corrected chi connectivity index (χ0v) is 14.2. The van der Waals surface area contributed by atoms with Gasteiger partial charge in [0.25, 0.3) is 0 Å². The van der Waals surface area contributed by atoms with Crippen LogP contribution in [0.5, 0.6) is 5.75 Å². The van der Waals surface area contributed by atoms with Crippen molar-refractivity contribution in [3.8, 4) is 5.75 Å². The first kappa shape index (κ1) is 14.6. The largest absolute Gasteiger partial charge is 0.497 e. The normalized spacial score (nSPS) is 12.2. The molecule has 0 aliphatic rings. The Hall–Kier alpha value is -0.800. The Morgan fingerprint density at radius 2 is 1.95 bits per heavy atom. The Kier molecular flexibility index (Phi) is 5.06. The molecule has 0 heterocycles. The quantitative estimate of drug-likeness (QED) is 0.638. The van der Waals surface area contributed by atoms with Crippen molar-refractivity contribution >= 4 is 31.9 Å². The van der Waals surface area contributed by atoms with Crippen LogP contribution in [0.15, 0.2) is 46.9 Å². The molecule has 1 atom stereocenters. The van der Waals surface area contributed by atoms with Crippen LogP contribution in [-0.4, -0.2) is 7.11 Å². The minimum atomic E-state index is 0.287. The maximum atomic E-state index is 5.26. The molecule has 0 fully saturated rings. The highest BCUT2D eigenvalue weighted by atomic mass is 79.9. The highest BCUT2D eigenvalue weighted by Crippen LogP contribution is 2.33. The van der Waals surface area contributed by atoms with Gasteiger partial charge in [0.05, 0.1) is 7.11 Å². The summed E-state index contributed by atoms with van der Waals surface area (Å²) in [5, 5.41) is 0. The number of rotatable bonds is 4. The predicted octanol–water partition coefficient (Wildman–Crippen LogP) is 5.44. The van der Waals surface area contributed by atoms with E-state index in [0.29, 0.717) is 0 Å². The Morgan fingerprint density at radius 3 is 2.63 bits per heavy atom. The molecule has 0 aromatic heterocycles. The molecule has 0 spiro atoms. The molecular weight excluding hydrogens is 368 g/mol. The maximum Gasteiger partial charge on any atom is 0.119 e. The molecule has 2 aromatic carbocycles. The molecule has 1 unspecified atom stereocenters. The summed E-state index contributed by atoms with van der Waals surface area (Å²) in [7, 11) is 1.70. The number of hydrogen-bond acceptors (Lipinski definition) is 1. The Morgan fingerprint density at radius 1 is 1.16 bits per heavy atom. The molecule has 0 N–H and O–H groups in total. The third kappa shape index (κ3) is 3.83. The molecule has 0 radical (unpaired) electrons. The highest BCUT2D eigenvalue weighted by molar-refractivity contribution is 9.11. The number of benzene rings is 2. The molecule has 0 saturated carbocycles. The molecular formula is C16H16Br2O. The minimum absolute atomic E-state index is 0.287. The Bertz CT molecular complexity index is 566. The summed E-state index contributed by atoms with van der Waals surface area (Å²) in [5.41, 5.74) is 3.79. The molecule has 0 aliphatic heterocycles. The molecule has 1 nitrogen and oxygen atoms in total. The SMILES string of the molecule is COc1cccc(CC(Br)c2ccc(C)cc2Br)c1. The van der Waals surface area contributed by atoms with E-state index in [0.717, 1.165) is 16.6 Å². The second-order valence-corrected chi connectivity index (χ2v) is 6.51. The monoisotopic (exact) mass is 382 g/mol. The van der Waals surface area contributed by atoms with Crippen LogP contribution in [0.2, 0.25) is 0 Å². The maximum absolute atomic E-state index is 5.26. The fraction of sp³-hybridized carbons (Fsp3) is 0.250. The van der Waals surface area contributed by atoms with E-state index in [1.165, 1.54) is 16.7 Å². The summed E-state index contributed by atoms with van der Waals surface area (Å²) in [6, 6.07) is 14.6. The van der Waals surface area contributed by atoms with Gasteiger partial charge in [0.15, 0.2) is 0 Å². The van der Waals surface area contributed by atoms with Crippen LogP contribution in [0.4, 0.5) is 0 Å². The van der Waals surface area contributed by atoms with Crippen molar-refractivity contribution < 1.29 is 4.74 Å². The van der Waals surface area contributed by atoms with Crippen molar-refractivity contribution in [2.45, 2.75) is 18.2 Å². The van der Waals surface area contributed by atoms with Crippen molar-refractivity contribution in [3.63, 3.8) is 0 Å². The first-order chi connectivity index (χ1) is 9.10. The van der Waals surface area contributed by atoms with Gasteiger partial charge in [-0.3, -0.25) is 0 Å². The topological polar surface area (TPSA) is 9.23 Å². The third-order valence-electron chi connectivity index (χ3n) is 3.04.